The van der Waals surface area contributed by atoms with Crippen LogP contribution in [0.25, 0.3) is 11.1 Å². The van der Waals surface area contributed by atoms with Gasteiger partial charge in [-0.05, 0) is 35.6 Å². The molecular weight excluding hydrogens is 330 g/mol. The highest BCUT2D eigenvalue weighted by Gasteiger charge is 2.35. The Labute approximate surface area is 152 Å². The lowest BCUT2D eigenvalue weighted by molar-refractivity contribution is -0.143. The second kappa shape index (κ2) is 7.04. The van der Waals surface area contributed by atoms with Crippen LogP contribution < -0.4 is 5.32 Å². The fourth-order valence-corrected chi connectivity index (χ4v) is 3.34. The van der Waals surface area contributed by atoms with Crippen molar-refractivity contribution in [2.24, 2.45) is 0 Å². The number of hydrogen-bond donors (Lipinski definition) is 2. The number of benzene rings is 2. The van der Waals surface area contributed by atoms with E-state index in [2.05, 4.69) is 24.0 Å². The van der Waals surface area contributed by atoms with Gasteiger partial charge in [0.25, 0.3) is 0 Å². The summed E-state index contributed by atoms with van der Waals surface area (Å²) in [5, 5.41) is 11.8. The van der Waals surface area contributed by atoms with E-state index < -0.39 is 17.6 Å². The normalized spacial score (nSPS) is 14.7. The maximum atomic E-state index is 12.2. The molecule has 1 aliphatic rings. The Morgan fingerprint density at radius 1 is 1.15 bits per heavy atom. The maximum absolute atomic E-state index is 12.2. The van der Waals surface area contributed by atoms with Crippen LogP contribution in [0, 0.1) is 0 Å². The molecule has 5 nitrogen and oxygen atoms in total. The van der Waals surface area contributed by atoms with Gasteiger partial charge in [-0.3, -0.25) is 0 Å². The largest absolute Gasteiger partial charge is 0.480 e. The van der Waals surface area contributed by atoms with Crippen molar-refractivity contribution >= 4 is 12.1 Å². The first-order valence-corrected chi connectivity index (χ1v) is 8.44. The number of amides is 1. The van der Waals surface area contributed by atoms with Crippen molar-refractivity contribution < 1.29 is 19.4 Å². The van der Waals surface area contributed by atoms with Gasteiger partial charge in [0.2, 0.25) is 0 Å². The van der Waals surface area contributed by atoms with E-state index in [1.54, 1.807) is 0 Å². The molecule has 1 unspecified atom stereocenters. The van der Waals surface area contributed by atoms with E-state index in [0.29, 0.717) is 0 Å². The summed E-state index contributed by atoms with van der Waals surface area (Å²) in [6.07, 6.45) is 0.809. The van der Waals surface area contributed by atoms with Crippen LogP contribution in [0.4, 0.5) is 4.79 Å². The van der Waals surface area contributed by atoms with Crippen LogP contribution in [0.3, 0.4) is 0 Å². The van der Waals surface area contributed by atoms with Gasteiger partial charge in [0.05, 0.1) is 0 Å². The average Bonchev–Trinajstić information content (AvgIpc) is 2.94. The molecule has 3 rings (SSSR count). The van der Waals surface area contributed by atoms with Crippen molar-refractivity contribution in [2.45, 2.75) is 24.8 Å². The maximum Gasteiger partial charge on any atom is 0.408 e. The molecule has 0 aromatic heterocycles. The van der Waals surface area contributed by atoms with Gasteiger partial charge in [-0.1, -0.05) is 54.6 Å². The Kier molecular flexibility index (Phi) is 4.80. The average molecular weight is 351 g/mol. The molecule has 0 saturated carbocycles. The molecule has 26 heavy (non-hydrogen) atoms. The monoisotopic (exact) mass is 351 g/mol. The number of ether oxygens (including phenoxy) is 1. The summed E-state index contributed by atoms with van der Waals surface area (Å²) in [6.45, 7) is 5.11. The minimum Gasteiger partial charge on any atom is -0.480 e. The summed E-state index contributed by atoms with van der Waals surface area (Å²) >= 11 is 0. The Bertz CT molecular complexity index is 815. The van der Waals surface area contributed by atoms with Gasteiger partial charge >= 0.3 is 12.1 Å². The smallest absolute Gasteiger partial charge is 0.408 e. The number of nitrogens with one attached hydrogen (secondary N) is 1. The highest BCUT2D eigenvalue weighted by molar-refractivity contribution is 5.84. The van der Waals surface area contributed by atoms with Crippen molar-refractivity contribution in [3.8, 4) is 11.1 Å². The van der Waals surface area contributed by atoms with Crippen molar-refractivity contribution in [1.82, 2.24) is 5.32 Å². The standard InChI is InChI=1S/C21H21NO4/c1-3-12-21(2,19(23)24)22-20(25)26-13-18-16-10-6-4-8-14(16)15-9-5-7-11-17(15)18/h3-11,18H,1,12-13H2,2H3,(H,22,25)(H,23,24). The number of rotatable bonds is 6. The molecule has 0 bridgehead atoms. The van der Waals surface area contributed by atoms with Crippen molar-refractivity contribution in [3.05, 3.63) is 72.3 Å². The number of fused-ring (bicyclic) bond motifs is 3. The topological polar surface area (TPSA) is 75.6 Å². The molecule has 1 atom stereocenters. The molecule has 1 amide bonds. The fourth-order valence-electron chi connectivity index (χ4n) is 3.34. The summed E-state index contributed by atoms with van der Waals surface area (Å²) in [6, 6.07) is 16.1. The van der Waals surface area contributed by atoms with Crippen molar-refractivity contribution in [1.29, 1.82) is 0 Å². The highest BCUT2D eigenvalue weighted by Crippen LogP contribution is 2.44. The minimum absolute atomic E-state index is 0.0661. The SMILES string of the molecule is C=CCC(C)(NC(=O)OCC1c2ccccc2-c2ccccc21)C(=O)O. The predicted octanol–water partition coefficient (Wildman–Crippen LogP) is 3.94. The van der Waals surface area contributed by atoms with Crippen LogP contribution in [0.2, 0.25) is 0 Å². The Balaban J connectivity index is 1.75. The lowest BCUT2D eigenvalue weighted by atomic mass is 9.98. The van der Waals surface area contributed by atoms with E-state index in [9.17, 15) is 14.7 Å². The number of alkyl carbamates (subject to hydrolysis) is 1. The Morgan fingerprint density at radius 3 is 2.19 bits per heavy atom. The summed E-state index contributed by atoms with van der Waals surface area (Å²) in [5.74, 6) is -1.20. The van der Waals surface area contributed by atoms with Crippen LogP contribution in [0.5, 0.6) is 0 Å². The number of carbonyl (C=O) groups excluding carboxylic acids is 1. The summed E-state index contributed by atoms with van der Waals surface area (Å²) < 4.78 is 5.38. The third kappa shape index (κ3) is 3.20. The second-order valence-corrected chi connectivity index (χ2v) is 6.58. The van der Waals surface area contributed by atoms with Gasteiger partial charge in [0, 0.05) is 5.92 Å². The van der Waals surface area contributed by atoms with Gasteiger partial charge in [-0.2, -0.15) is 0 Å². The number of carbonyl (C=O) groups is 2. The zero-order chi connectivity index (χ0) is 18.7. The van der Waals surface area contributed by atoms with Gasteiger partial charge < -0.3 is 15.2 Å². The molecular formula is C21H21NO4. The van der Waals surface area contributed by atoms with E-state index in [0.717, 1.165) is 22.3 Å². The first kappa shape index (κ1) is 17.7. The molecule has 0 saturated heterocycles. The third-order valence-electron chi connectivity index (χ3n) is 4.75. The lowest BCUT2D eigenvalue weighted by Crippen LogP contribution is -2.52. The molecule has 2 N–H and O–H groups in total. The van der Waals surface area contributed by atoms with Gasteiger partial charge in [0.1, 0.15) is 12.1 Å². The quantitative estimate of drug-likeness (QED) is 0.773. The highest BCUT2D eigenvalue weighted by atomic mass is 16.5. The summed E-state index contributed by atoms with van der Waals surface area (Å²) in [5.41, 5.74) is 3.05. The third-order valence-corrected chi connectivity index (χ3v) is 4.75. The molecule has 2 aromatic carbocycles. The number of hydrogen-bond acceptors (Lipinski definition) is 3. The van der Waals surface area contributed by atoms with E-state index >= 15 is 0 Å². The first-order valence-electron chi connectivity index (χ1n) is 8.44. The molecule has 2 aromatic rings. The molecule has 0 fully saturated rings. The van der Waals surface area contributed by atoms with Crippen LogP contribution in [-0.4, -0.2) is 29.3 Å². The van der Waals surface area contributed by atoms with Crippen LogP contribution in [0.15, 0.2) is 61.2 Å². The Morgan fingerprint density at radius 2 is 1.69 bits per heavy atom. The summed E-state index contributed by atoms with van der Waals surface area (Å²) in [7, 11) is 0. The number of carboxylic acid groups (broad SMARTS) is 1. The van der Waals surface area contributed by atoms with Crippen molar-refractivity contribution in [2.75, 3.05) is 6.61 Å². The van der Waals surface area contributed by atoms with Crippen LogP contribution in [0.1, 0.15) is 30.4 Å². The van der Waals surface area contributed by atoms with Crippen LogP contribution >= 0.6 is 0 Å². The molecule has 0 aliphatic heterocycles. The van der Waals surface area contributed by atoms with Gasteiger partial charge in [-0.15, -0.1) is 6.58 Å². The van der Waals surface area contributed by atoms with Crippen molar-refractivity contribution in [3.63, 3.8) is 0 Å². The second-order valence-electron chi connectivity index (χ2n) is 6.58. The lowest BCUT2D eigenvalue weighted by Gasteiger charge is -2.25. The predicted molar refractivity (Wildman–Crippen MR) is 99.1 cm³/mol. The zero-order valence-electron chi connectivity index (χ0n) is 14.6. The molecule has 134 valence electrons. The van der Waals surface area contributed by atoms with E-state index in [4.69, 9.17) is 4.74 Å². The van der Waals surface area contributed by atoms with E-state index in [1.807, 2.05) is 36.4 Å². The Hall–Kier alpha value is -3.08. The molecule has 0 spiro atoms. The zero-order valence-corrected chi connectivity index (χ0v) is 14.6. The number of carboxylic acids is 1. The van der Waals surface area contributed by atoms with Gasteiger partial charge in [-0.25, -0.2) is 9.59 Å². The summed E-state index contributed by atoms with van der Waals surface area (Å²) in [4.78, 5) is 23.6. The van der Waals surface area contributed by atoms with Gasteiger partial charge in [0.15, 0.2) is 0 Å². The molecule has 1 aliphatic carbocycles. The first-order chi connectivity index (χ1) is 12.5. The molecule has 0 radical (unpaired) electrons. The molecule has 0 heterocycles. The van der Waals surface area contributed by atoms with E-state index in [1.165, 1.54) is 13.0 Å². The van der Waals surface area contributed by atoms with E-state index in [-0.39, 0.29) is 18.9 Å². The fraction of sp³-hybridized carbons (Fsp3) is 0.238. The number of aliphatic carboxylic acids is 1. The minimum atomic E-state index is -1.44. The molecule has 5 heteroatoms. The van der Waals surface area contributed by atoms with Crippen LogP contribution in [-0.2, 0) is 9.53 Å².